The van der Waals surface area contributed by atoms with E-state index in [1.807, 2.05) is 66.5 Å². The summed E-state index contributed by atoms with van der Waals surface area (Å²) in [5.41, 5.74) is 10.3. The molecule has 6 heterocycles. The van der Waals surface area contributed by atoms with Gasteiger partial charge in [0.25, 0.3) is 0 Å². The zero-order chi connectivity index (χ0) is 28.1. The van der Waals surface area contributed by atoms with Crippen molar-refractivity contribution < 1.29 is 0 Å². The van der Waals surface area contributed by atoms with Crippen molar-refractivity contribution in [2.45, 2.75) is 19.6 Å². The molecule has 2 aliphatic heterocycles. The minimum atomic E-state index is 0.114. The molecule has 4 nitrogen and oxygen atoms in total. The summed E-state index contributed by atoms with van der Waals surface area (Å²) in [6, 6.07) is 32.9. The lowest BCUT2D eigenvalue weighted by Gasteiger charge is -2.34. The molecular weight excluding hydrogens is 563 g/mol. The normalized spacial score (nSPS) is 13.3. The van der Waals surface area contributed by atoms with Gasteiger partial charge >= 0.3 is 0 Å². The van der Waals surface area contributed by atoms with Gasteiger partial charge in [0.15, 0.2) is 0 Å². The van der Waals surface area contributed by atoms with Gasteiger partial charge in [-0.25, -0.2) is 0 Å². The molecule has 4 aromatic carbocycles. The highest BCUT2D eigenvalue weighted by Gasteiger charge is 2.40. The van der Waals surface area contributed by atoms with Crippen molar-refractivity contribution in [1.29, 1.82) is 0 Å². The number of rotatable bonds is 1. The Labute approximate surface area is 255 Å². The second kappa shape index (κ2) is 8.90. The van der Waals surface area contributed by atoms with E-state index in [9.17, 15) is 0 Å². The van der Waals surface area contributed by atoms with E-state index in [1.165, 1.54) is 57.9 Å². The molecule has 10 rings (SSSR count). The van der Waals surface area contributed by atoms with Gasteiger partial charge in [0.05, 0.1) is 22.1 Å². The quantitative estimate of drug-likeness (QED) is 0.154. The van der Waals surface area contributed by atoms with Crippen molar-refractivity contribution in [3.05, 3.63) is 116 Å². The molecule has 0 radical (unpaired) electrons. The van der Waals surface area contributed by atoms with E-state index in [2.05, 4.69) is 77.8 Å². The average Bonchev–Trinajstić information content (AvgIpc) is 3.07. The van der Waals surface area contributed by atoms with Crippen molar-refractivity contribution in [3.63, 3.8) is 0 Å². The van der Waals surface area contributed by atoms with E-state index in [4.69, 9.17) is 15.0 Å². The van der Waals surface area contributed by atoms with Crippen molar-refractivity contribution in [1.82, 2.24) is 19.9 Å². The monoisotopic (exact) mass is 582 g/mol. The predicted molar refractivity (Wildman–Crippen MR) is 179 cm³/mol. The zero-order valence-electron chi connectivity index (χ0n) is 22.7. The maximum Gasteiger partial charge on any atom is 0.248 e. The summed E-state index contributed by atoms with van der Waals surface area (Å²) >= 11 is 3.76. The first kappa shape index (κ1) is 23.8. The van der Waals surface area contributed by atoms with Crippen LogP contribution in [0.5, 0.6) is 0 Å². The zero-order valence-corrected chi connectivity index (χ0v) is 24.3. The highest BCUT2D eigenvalue weighted by Crippen LogP contribution is 2.43. The van der Waals surface area contributed by atoms with Crippen LogP contribution in [-0.2, 0) is 0 Å². The van der Waals surface area contributed by atoms with Gasteiger partial charge in [-0.15, -0.1) is 0 Å². The molecule has 4 aromatic heterocycles. The van der Waals surface area contributed by atoms with E-state index in [0.717, 1.165) is 32.8 Å². The molecule has 0 spiro atoms. The van der Waals surface area contributed by atoms with Crippen LogP contribution < -0.4 is 16.4 Å². The van der Waals surface area contributed by atoms with Crippen molar-refractivity contribution >= 4 is 90.2 Å². The summed E-state index contributed by atoms with van der Waals surface area (Å²) in [6.07, 6.45) is 7.45. The molecule has 198 valence electrons. The predicted octanol–water partition coefficient (Wildman–Crippen LogP) is 6.99. The van der Waals surface area contributed by atoms with Crippen molar-refractivity contribution in [2.75, 3.05) is 0 Å². The SMILES string of the molecule is c1cc2c3c(c1)Sc1c(c4cccnc4c4ncccc14)B3c1ccc(-c3cc4cccnc4c4ncccc34)cc1S2. The fourth-order valence-corrected chi connectivity index (χ4v) is 9.56. The first-order chi connectivity index (χ1) is 21.3. The van der Waals surface area contributed by atoms with Crippen LogP contribution in [0.25, 0.3) is 54.7 Å². The van der Waals surface area contributed by atoms with Gasteiger partial charge in [0, 0.05) is 60.5 Å². The number of benzene rings is 4. The number of fused-ring (bicyclic) bond motifs is 12. The first-order valence-electron chi connectivity index (χ1n) is 14.2. The lowest BCUT2D eigenvalue weighted by molar-refractivity contribution is 1.33. The molecule has 7 heteroatoms. The van der Waals surface area contributed by atoms with Gasteiger partial charge in [0.2, 0.25) is 6.71 Å². The largest absolute Gasteiger partial charge is 0.254 e. The van der Waals surface area contributed by atoms with Crippen molar-refractivity contribution in [3.8, 4) is 11.1 Å². The average molecular weight is 583 g/mol. The molecular formula is C36H19BN4S2. The van der Waals surface area contributed by atoms with Gasteiger partial charge < -0.3 is 0 Å². The number of pyridine rings is 4. The lowest BCUT2D eigenvalue weighted by Crippen LogP contribution is -2.58. The van der Waals surface area contributed by atoms with Gasteiger partial charge in [-0.1, -0.05) is 71.5 Å². The Morgan fingerprint density at radius 3 is 1.95 bits per heavy atom. The van der Waals surface area contributed by atoms with Gasteiger partial charge in [-0.3, -0.25) is 19.9 Å². The minimum absolute atomic E-state index is 0.114. The molecule has 0 saturated carbocycles. The molecule has 0 fully saturated rings. The highest BCUT2D eigenvalue weighted by molar-refractivity contribution is 8.01. The number of aromatic nitrogens is 4. The van der Waals surface area contributed by atoms with Gasteiger partial charge in [0.1, 0.15) is 0 Å². The molecule has 8 aromatic rings. The van der Waals surface area contributed by atoms with Crippen LogP contribution in [0, 0.1) is 0 Å². The van der Waals surface area contributed by atoms with E-state index in [1.54, 1.807) is 0 Å². The molecule has 43 heavy (non-hydrogen) atoms. The standard InChI is InChI=1S/C36H19BN4S2/c1-10-27-31-28(11-1)43-36-24-9-5-17-41-35(24)34-23(8-4-16-40-34)30(36)37(31)26-13-12-20(19-29(26)42-27)25-18-21-6-2-14-38-32(21)33-22(25)7-3-15-39-33/h1-19H. The highest BCUT2D eigenvalue weighted by atomic mass is 32.2. The molecule has 0 saturated heterocycles. The third kappa shape index (κ3) is 3.32. The molecule has 2 aliphatic rings. The third-order valence-electron chi connectivity index (χ3n) is 8.75. The van der Waals surface area contributed by atoms with Crippen LogP contribution in [0.4, 0.5) is 0 Å². The second-order valence-corrected chi connectivity index (χ2v) is 13.1. The second-order valence-electron chi connectivity index (χ2n) is 11.0. The Hall–Kier alpha value is -4.72. The summed E-state index contributed by atoms with van der Waals surface area (Å²) < 4.78 is 0. The molecule has 0 amide bonds. The number of hydrogen-bond acceptors (Lipinski definition) is 6. The number of hydrogen-bond donors (Lipinski definition) is 0. The molecule has 0 N–H and O–H groups in total. The Morgan fingerprint density at radius 2 is 1.14 bits per heavy atom. The summed E-state index contributed by atoms with van der Waals surface area (Å²) in [4.78, 5) is 24.3. The summed E-state index contributed by atoms with van der Waals surface area (Å²) in [6.45, 7) is 0.114. The maximum absolute atomic E-state index is 4.86. The van der Waals surface area contributed by atoms with Crippen LogP contribution in [-0.4, -0.2) is 26.6 Å². The van der Waals surface area contributed by atoms with Crippen molar-refractivity contribution in [2.24, 2.45) is 0 Å². The van der Waals surface area contributed by atoms with Gasteiger partial charge in [-0.2, -0.15) is 0 Å². The lowest BCUT2D eigenvalue weighted by atomic mass is 9.35. The Morgan fingerprint density at radius 1 is 0.488 bits per heavy atom. The Kier molecular flexibility index (Phi) is 4.92. The Balaban J connectivity index is 1.26. The third-order valence-corrected chi connectivity index (χ3v) is 11.1. The molecule has 0 bridgehead atoms. The maximum atomic E-state index is 4.86. The summed E-state index contributed by atoms with van der Waals surface area (Å²) in [7, 11) is 0. The Bertz CT molecular complexity index is 2500. The summed E-state index contributed by atoms with van der Waals surface area (Å²) in [5, 5.41) is 4.57. The van der Waals surface area contributed by atoms with E-state index < -0.39 is 0 Å². The van der Waals surface area contributed by atoms with Crippen LogP contribution in [0.3, 0.4) is 0 Å². The van der Waals surface area contributed by atoms with E-state index >= 15 is 0 Å². The molecule has 0 atom stereocenters. The minimum Gasteiger partial charge on any atom is -0.254 e. The van der Waals surface area contributed by atoms with Crippen LogP contribution >= 0.6 is 23.5 Å². The van der Waals surface area contributed by atoms with Crippen LogP contribution in [0.15, 0.2) is 135 Å². The van der Waals surface area contributed by atoms with Crippen LogP contribution in [0.2, 0.25) is 0 Å². The summed E-state index contributed by atoms with van der Waals surface area (Å²) in [5.74, 6) is 0. The van der Waals surface area contributed by atoms with Gasteiger partial charge in [-0.05, 0) is 76.0 Å². The first-order valence-corrected chi connectivity index (χ1v) is 15.9. The molecule has 0 unspecified atom stereocenters. The topological polar surface area (TPSA) is 51.6 Å². The fraction of sp³-hybridized carbons (Fsp3) is 0. The smallest absolute Gasteiger partial charge is 0.248 e. The van der Waals surface area contributed by atoms with E-state index in [0.29, 0.717) is 0 Å². The van der Waals surface area contributed by atoms with Crippen LogP contribution in [0.1, 0.15) is 0 Å². The molecule has 0 aliphatic carbocycles. The fourth-order valence-electron chi connectivity index (χ4n) is 6.97. The number of nitrogens with zero attached hydrogens (tertiary/aromatic N) is 4. The van der Waals surface area contributed by atoms with E-state index in [-0.39, 0.29) is 6.71 Å².